The Balaban J connectivity index is 1.50. The van der Waals surface area contributed by atoms with E-state index in [2.05, 4.69) is 116 Å². The maximum atomic E-state index is 5.03. The second-order valence-corrected chi connectivity index (χ2v) is 13.0. The van der Waals surface area contributed by atoms with Crippen LogP contribution in [0, 0.1) is 5.41 Å². The van der Waals surface area contributed by atoms with Gasteiger partial charge in [-0.15, -0.1) is 6.58 Å². The Kier molecular flexibility index (Phi) is 7.12. The highest BCUT2D eigenvalue weighted by molar-refractivity contribution is 5.88. The average Bonchev–Trinajstić information content (AvgIpc) is 3.43. The summed E-state index contributed by atoms with van der Waals surface area (Å²) in [6.45, 7) is 11.5. The smallest absolute Gasteiger partial charge is 0.178 e. The van der Waals surface area contributed by atoms with Gasteiger partial charge in [0.05, 0.1) is 0 Å². The number of anilines is 4. The summed E-state index contributed by atoms with van der Waals surface area (Å²) in [6.07, 6.45) is 15.4. The van der Waals surface area contributed by atoms with E-state index in [1.807, 2.05) is 12.4 Å². The first-order valence-electron chi connectivity index (χ1n) is 16.4. The van der Waals surface area contributed by atoms with Gasteiger partial charge in [-0.25, -0.2) is 9.97 Å². The van der Waals surface area contributed by atoms with Crippen LogP contribution in [-0.4, -0.2) is 16.1 Å². The molecule has 220 valence electrons. The molecule has 43 heavy (non-hydrogen) atoms. The summed E-state index contributed by atoms with van der Waals surface area (Å²) in [6, 6.07) is 27.2. The van der Waals surface area contributed by atoms with Crippen molar-refractivity contribution in [2.45, 2.75) is 89.6 Å². The van der Waals surface area contributed by atoms with Crippen molar-refractivity contribution in [3.63, 3.8) is 0 Å². The van der Waals surface area contributed by atoms with Gasteiger partial charge in [0.25, 0.3) is 0 Å². The molecule has 0 N–H and O–H groups in total. The molecule has 3 aliphatic rings. The Morgan fingerprint density at radius 2 is 1.53 bits per heavy atom. The average molecular weight is 569 g/mol. The summed E-state index contributed by atoms with van der Waals surface area (Å²) < 4.78 is 0. The highest BCUT2D eigenvalue weighted by Gasteiger charge is 2.62. The molecule has 7 rings (SSSR count). The first-order chi connectivity index (χ1) is 21.1. The van der Waals surface area contributed by atoms with Crippen LogP contribution in [0.1, 0.15) is 89.2 Å². The molecule has 3 atom stereocenters. The molecular weight excluding hydrogens is 524 g/mol. The molecule has 1 aliphatic carbocycles. The predicted molar refractivity (Wildman–Crippen MR) is 179 cm³/mol. The lowest BCUT2D eigenvalue weighted by Crippen LogP contribution is -2.63. The number of aromatic nitrogens is 2. The van der Waals surface area contributed by atoms with E-state index < -0.39 is 0 Å². The number of allylic oxidation sites excluding steroid dienone is 1. The van der Waals surface area contributed by atoms with Gasteiger partial charge in [-0.3, -0.25) is 0 Å². The van der Waals surface area contributed by atoms with Crippen molar-refractivity contribution in [3.8, 4) is 11.1 Å². The second-order valence-electron chi connectivity index (χ2n) is 13.0. The van der Waals surface area contributed by atoms with Gasteiger partial charge >= 0.3 is 0 Å². The standard InChI is InChI=1S/C39H44N4/c1-5-24-39(7-3)33-23-22-29(32-21-15-14-20-31(32)28-16-10-8-11-17-28)27-34(33)43-36-35(40-25-26-41-36)42(30-18-12-9-13-19-30)37(43)38(39,4)6-2/h5,9,12-15,18-23,25-28,37H,1,6-8,10-11,16-17,24H2,2-4H3. The zero-order valence-corrected chi connectivity index (χ0v) is 26.0. The van der Waals surface area contributed by atoms with Gasteiger partial charge in [-0.05, 0) is 78.5 Å². The fourth-order valence-corrected chi connectivity index (χ4v) is 8.91. The zero-order chi connectivity index (χ0) is 29.6. The van der Waals surface area contributed by atoms with Crippen LogP contribution in [-0.2, 0) is 5.41 Å². The van der Waals surface area contributed by atoms with Crippen LogP contribution in [0.2, 0.25) is 0 Å². The molecule has 4 nitrogen and oxygen atoms in total. The van der Waals surface area contributed by atoms with E-state index in [9.17, 15) is 0 Å². The van der Waals surface area contributed by atoms with Crippen LogP contribution < -0.4 is 9.80 Å². The van der Waals surface area contributed by atoms with E-state index >= 15 is 0 Å². The molecule has 4 aromatic rings. The molecular formula is C39H44N4. The SMILES string of the molecule is C=CCC1(CC)c2ccc(-c3ccccc3C3CCCCC3)cc2N2c3nccnc3N(c3ccccc3)C2C1(C)CC. The Bertz CT molecular complexity index is 1620. The van der Waals surface area contributed by atoms with E-state index in [4.69, 9.17) is 9.97 Å². The lowest BCUT2D eigenvalue weighted by atomic mass is 9.52. The number of para-hydroxylation sites is 1. The molecule has 1 fully saturated rings. The maximum absolute atomic E-state index is 5.03. The molecule has 3 aromatic carbocycles. The van der Waals surface area contributed by atoms with E-state index in [0.29, 0.717) is 5.92 Å². The predicted octanol–water partition coefficient (Wildman–Crippen LogP) is 10.5. The third kappa shape index (κ3) is 4.09. The number of fused-ring (bicyclic) bond motifs is 5. The quantitative estimate of drug-likeness (QED) is 0.208. The number of hydrogen-bond acceptors (Lipinski definition) is 4. The molecule has 0 radical (unpaired) electrons. The summed E-state index contributed by atoms with van der Waals surface area (Å²) in [5, 5.41) is 0. The monoisotopic (exact) mass is 568 g/mol. The Morgan fingerprint density at radius 1 is 0.837 bits per heavy atom. The van der Waals surface area contributed by atoms with Crippen molar-refractivity contribution in [1.82, 2.24) is 9.97 Å². The minimum atomic E-state index is -0.122. The molecule has 3 unspecified atom stereocenters. The lowest BCUT2D eigenvalue weighted by molar-refractivity contribution is 0.0830. The van der Waals surface area contributed by atoms with E-state index in [-0.39, 0.29) is 17.0 Å². The van der Waals surface area contributed by atoms with Crippen molar-refractivity contribution < 1.29 is 0 Å². The van der Waals surface area contributed by atoms with Gasteiger partial charge < -0.3 is 9.80 Å². The zero-order valence-electron chi connectivity index (χ0n) is 26.0. The Morgan fingerprint density at radius 3 is 2.23 bits per heavy atom. The highest BCUT2D eigenvalue weighted by Crippen LogP contribution is 2.65. The van der Waals surface area contributed by atoms with Gasteiger partial charge in [0.1, 0.15) is 6.17 Å². The van der Waals surface area contributed by atoms with Gasteiger partial charge in [0.15, 0.2) is 11.6 Å². The fourth-order valence-electron chi connectivity index (χ4n) is 8.91. The minimum absolute atomic E-state index is 0.0218. The summed E-state index contributed by atoms with van der Waals surface area (Å²) in [7, 11) is 0. The summed E-state index contributed by atoms with van der Waals surface area (Å²) in [5.74, 6) is 2.51. The fraction of sp³-hybridized carbons (Fsp3) is 0.385. The molecule has 4 heteroatoms. The Labute approximate surface area is 257 Å². The number of benzene rings is 3. The third-order valence-corrected chi connectivity index (χ3v) is 11.2. The molecule has 0 saturated heterocycles. The van der Waals surface area contributed by atoms with E-state index in [1.54, 1.807) is 0 Å². The molecule has 1 aromatic heterocycles. The first kappa shape index (κ1) is 27.9. The number of rotatable bonds is 7. The minimum Gasteiger partial charge on any atom is -0.301 e. The molecule has 0 amide bonds. The molecule has 1 saturated carbocycles. The third-order valence-electron chi connectivity index (χ3n) is 11.2. The van der Waals surface area contributed by atoms with Crippen molar-refractivity contribution in [3.05, 3.63) is 109 Å². The lowest BCUT2D eigenvalue weighted by Gasteiger charge is -2.60. The topological polar surface area (TPSA) is 32.3 Å². The van der Waals surface area contributed by atoms with E-state index in [1.165, 1.54) is 60.0 Å². The van der Waals surface area contributed by atoms with Crippen LogP contribution in [0.25, 0.3) is 11.1 Å². The van der Waals surface area contributed by atoms with Crippen LogP contribution in [0.3, 0.4) is 0 Å². The molecule has 0 spiro atoms. The normalized spacial score (nSPS) is 24.8. The van der Waals surface area contributed by atoms with Gasteiger partial charge in [0, 0.05) is 34.6 Å². The van der Waals surface area contributed by atoms with Gasteiger partial charge in [0.2, 0.25) is 0 Å². The molecule has 0 bridgehead atoms. The van der Waals surface area contributed by atoms with Gasteiger partial charge in [-0.2, -0.15) is 0 Å². The van der Waals surface area contributed by atoms with Crippen LogP contribution in [0.4, 0.5) is 23.0 Å². The maximum Gasteiger partial charge on any atom is 0.178 e. The van der Waals surface area contributed by atoms with Crippen molar-refractivity contribution in [2.75, 3.05) is 9.80 Å². The number of nitrogens with zero attached hydrogens (tertiary/aromatic N) is 4. The first-order valence-corrected chi connectivity index (χ1v) is 16.4. The van der Waals surface area contributed by atoms with Gasteiger partial charge in [-0.1, -0.05) is 101 Å². The highest BCUT2D eigenvalue weighted by atomic mass is 15.5. The molecule has 3 heterocycles. The van der Waals surface area contributed by atoms with Crippen LogP contribution in [0.15, 0.2) is 97.8 Å². The summed E-state index contributed by atoms with van der Waals surface area (Å²) >= 11 is 0. The van der Waals surface area contributed by atoms with Crippen LogP contribution in [0.5, 0.6) is 0 Å². The molecule has 2 aliphatic heterocycles. The summed E-state index contributed by atoms with van der Waals surface area (Å²) in [4.78, 5) is 15.0. The van der Waals surface area contributed by atoms with Crippen molar-refractivity contribution in [1.29, 1.82) is 0 Å². The summed E-state index contributed by atoms with van der Waals surface area (Å²) in [5.41, 5.74) is 7.78. The van der Waals surface area contributed by atoms with Crippen molar-refractivity contribution in [2.24, 2.45) is 5.41 Å². The Hall–Kier alpha value is -3.92. The number of hydrogen-bond donors (Lipinski definition) is 0. The van der Waals surface area contributed by atoms with E-state index in [0.717, 1.165) is 36.6 Å². The largest absolute Gasteiger partial charge is 0.301 e. The second kappa shape index (κ2) is 11.0. The van der Waals surface area contributed by atoms with Crippen LogP contribution >= 0.6 is 0 Å². The van der Waals surface area contributed by atoms with Crippen molar-refractivity contribution >= 4 is 23.0 Å².